The summed E-state index contributed by atoms with van der Waals surface area (Å²) in [4.78, 5) is 19.2. The summed E-state index contributed by atoms with van der Waals surface area (Å²) in [6.45, 7) is 3.30. The molecule has 1 N–H and O–H groups in total. The van der Waals surface area contributed by atoms with Gasteiger partial charge in [-0.25, -0.2) is 9.97 Å². The van der Waals surface area contributed by atoms with Crippen LogP contribution in [0.15, 0.2) is 22.4 Å². The van der Waals surface area contributed by atoms with Crippen LogP contribution in [0.3, 0.4) is 0 Å². The van der Waals surface area contributed by atoms with Crippen LogP contribution in [0.25, 0.3) is 5.76 Å². The van der Waals surface area contributed by atoms with E-state index in [0.29, 0.717) is 11.0 Å². The Kier molecular flexibility index (Phi) is 3.96. The molecule has 0 saturated carbocycles. The summed E-state index contributed by atoms with van der Waals surface area (Å²) in [6.07, 6.45) is 1.86. The first-order valence-corrected chi connectivity index (χ1v) is 5.27. The fourth-order valence-corrected chi connectivity index (χ4v) is 1.30. The second kappa shape index (κ2) is 5.02. The lowest BCUT2D eigenvalue weighted by atomic mass is 10.1. The van der Waals surface area contributed by atoms with E-state index in [0.717, 1.165) is 0 Å². The summed E-state index contributed by atoms with van der Waals surface area (Å²) >= 11 is 3.16. The number of allylic oxidation sites excluding steroid dienone is 1. The van der Waals surface area contributed by atoms with Crippen molar-refractivity contribution in [3.05, 3.63) is 28.3 Å². The van der Waals surface area contributed by atoms with E-state index in [4.69, 9.17) is 0 Å². The Morgan fingerprint density at radius 2 is 2.27 bits per heavy atom. The molecule has 1 aromatic heterocycles. The molecule has 1 rings (SSSR count). The summed E-state index contributed by atoms with van der Waals surface area (Å²) in [5.74, 6) is -0.122. The molecular formula is C10H11BrN2O2. The number of aromatic nitrogens is 2. The molecule has 0 fully saturated rings. The fraction of sp³-hybridized carbons (Fsp3) is 0.300. The Labute approximate surface area is 96.2 Å². The van der Waals surface area contributed by atoms with Crippen molar-refractivity contribution in [1.82, 2.24) is 9.97 Å². The van der Waals surface area contributed by atoms with Crippen molar-refractivity contribution in [3.8, 4) is 0 Å². The lowest BCUT2D eigenvalue weighted by Gasteiger charge is -2.03. The summed E-state index contributed by atoms with van der Waals surface area (Å²) in [5, 5.41) is 9.73. The number of aliphatic hydroxyl groups is 1. The van der Waals surface area contributed by atoms with E-state index in [2.05, 4.69) is 25.9 Å². The van der Waals surface area contributed by atoms with Gasteiger partial charge < -0.3 is 5.11 Å². The Balaban J connectivity index is 3.13. The first kappa shape index (κ1) is 11.8. The number of nitrogens with zero attached hydrogens (tertiary/aromatic N) is 2. The van der Waals surface area contributed by atoms with Crippen molar-refractivity contribution < 1.29 is 9.90 Å². The predicted octanol–water partition coefficient (Wildman–Crippen LogP) is 2.51. The Hall–Kier alpha value is -1.23. The molecule has 1 aromatic rings. The number of carbonyl (C=O) groups excluding carboxylic acids is 1. The van der Waals surface area contributed by atoms with Crippen LogP contribution in [0.5, 0.6) is 0 Å². The fourth-order valence-electron chi connectivity index (χ4n) is 1.02. The third-order valence-corrected chi connectivity index (χ3v) is 2.37. The first-order valence-electron chi connectivity index (χ1n) is 4.48. The molecule has 0 spiro atoms. The average Bonchev–Trinajstić information content (AvgIpc) is 2.26. The normalized spacial score (nSPS) is 12.2. The molecular weight excluding hydrogens is 260 g/mol. The summed E-state index contributed by atoms with van der Waals surface area (Å²) < 4.78 is 0.566. The van der Waals surface area contributed by atoms with Crippen LogP contribution in [0.1, 0.15) is 26.1 Å². The van der Waals surface area contributed by atoms with Gasteiger partial charge in [0, 0.05) is 18.2 Å². The largest absolute Gasteiger partial charge is 0.504 e. The van der Waals surface area contributed by atoms with Crippen LogP contribution in [0.2, 0.25) is 0 Å². The van der Waals surface area contributed by atoms with E-state index in [1.54, 1.807) is 19.9 Å². The van der Waals surface area contributed by atoms with Crippen LogP contribution in [-0.2, 0) is 4.79 Å². The maximum Gasteiger partial charge on any atom is 0.196 e. The van der Waals surface area contributed by atoms with E-state index in [1.807, 2.05) is 0 Å². The molecule has 0 aliphatic rings. The predicted molar refractivity (Wildman–Crippen MR) is 60.3 cm³/mol. The van der Waals surface area contributed by atoms with E-state index < -0.39 is 0 Å². The Morgan fingerprint density at radius 1 is 1.60 bits per heavy atom. The maximum absolute atomic E-state index is 11.3. The van der Waals surface area contributed by atoms with Crippen molar-refractivity contribution in [2.45, 2.75) is 20.3 Å². The third-order valence-electron chi connectivity index (χ3n) is 1.93. The van der Waals surface area contributed by atoms with Crippen LogP contribution in [0.4, 0.5) is 0 Å². The highest BCUT2D eigenvalue weighted by Gasteiger charge is 2.12. The molecule has 0 unspecified atom stereocenters. The van der Waals surface area contributed by atoms with Gasteiger partial charge in [-0.1, -0.05) is 6.92 Å². The molecule has 1 heterocycles. The van der Waals surface area contributed by atoms with E-state index in [9.17, 15) is 9.90 Å². The second-order valence-corrected chi connectivity index (χ2v) is 3.77. The zero-order valence-corrected chi connectivity index (χ0v) is 10.1. The molecule has 0 amide bonds. The van der Waals surface area contributed by atoms with E-state index in [-0.39, 0.29) is 22.9 Å². The molecule has 0 radical (unpaired) electrons. The van der Waals surface area contributed by atoms with Crippen LogP contribution >= 0.6 is 15.9 Å². The average molecular weight is 271 g/mol. The van der Waals surface area contributed by atoms with Crippen LogP contribution in [-0.4, -0.2) is 20.9 Å². The molecule has 5 heteroatoms. The number of rotatable bonds is 3. The van der Waals surface area contributed by atoms with Gasteiger partial charge in [-0.2, -0.15) is 0 Å². The van der Waals surface area contributed by atoms with Gasteiger partial charge >= 0.3 is 0 Å². The standard InChI is InChI=1S/C10H11BrN2O2/c1-3-7(14)6(2)9(15)10-12-5-4-8(11)13-10/h4-5,15H,3H2,1-2H3. The molecule has 15 heavy (non-hydrogen) atoms. The van der Waals surface area contributed by atoms with Crippen LogP contribution in [0, 0.1) is 0 Å². The Bertz CT molecular complexity index is 416. The van der Waals surface area contributed by atoms with Crippen molar-refractivity contribution in [2.75, 3.05) is 0 Å². The highest BCUT2D eigenvalue weighted by Crippen LogP contribution is 2.15. The van der Waals surface area contributed by atoms with Gasteiger partial charge in [0.2, 0.25) is 0 Å². The molecule has 0 aliphatic heterocycles. The summed E-state index contributed by atoms with van der Waals surface area (Å²) in [5.41, 5.74) is 0.288. The highest BCUT2D eigenvalue weighted by molar-refractivity contribution is 9.10. The van der Waals surface area contributed by atoms with Crippen molar-refractivity contribution in [2.24, 2.45) is 0 Å². The van der Waals surface area contributed by atoms with Gasteiger partial charge in [0.05, 0.1) is 0 Å². The van der Waals surface area contributed by atoms with Crippen molar-refractivity contribution in [3.63, 3.8) is 0 Å². The van der Waals surface area contributed by atoms with Crippen molar-refractivity contribution >= 4 is 27.5 Å². The topological polar surface area (TPSA) is 63.1 Å². The molecule has 0 saturated heterocycles. The van der Waals surface area contributed by atoms with Crippen molar-refractivity contribution in [1.29, 1.82) is 0 Å². The number of ketones is 1. The smallest absolute Gasteiger partial charge is 0.196 e. The highest BCUT2D eigenvalue weighted by atomic mass is 79.9. The number of hydrogen-bond acceptors (Lipinski definition) is 4. The van der Waals surface area contributed by atoms with Gasteiger partial charge in [-0.3, -0.25) is 4.79 Å². The molecule has 80 valence electrons. The molecule has 0 atom stereocenters. The minimum atomic E-state index is -0.164. The number of hydrogen-bond donors (Lipinski definition) is 1. The first-order chi connectivity index (χ1) is 7.06. The number of Topliss-reactive ketones (excluding diaryl/α,β-unsaturated/α-hetero) is 1. The van der Waals surface area contributed by atoms with Gasteiger partial charge in [-0.15, -0.1) is 0 Å². The zero-order chi connectivity index (χ0) is 11.4. The third kappa shape index (κ3) is 2.86. The van der Waals surface area contributed by atoms with Gasteiger partial charge in [-0.05, 0) is 28.9 Å². The van der Waals surface area contributed by atoms with Gasteiger partial charge in [0.25, 0.3) is 0 Å². The number of aliphatic hydroxyl groups excluding tert-OH is 1. The SMILES string of the molecule is CCC(=O)C(C)=C(O)c1nccc(Br)n1. The summed E-state index contributed by atoms with van der Waals surface area (Å²) in [6, 6.07) is 1.65. The lowest BCUT2D eigenvalue weighted by molar-refractivity contribution is -0.115. The number of carbonyl (C=O) groups is 1. The molecule has 0 aliphatic carbocycles. The molecule has 0 bridgehead atoms. The minimum Gasteiger partial charge on any atom is -0.504 e. The lowest BCUT2D eigenvalue weighted by Crippen LogP contribution is -2.03. The molecule has 4 nitrogen and oxygen atoms in total. The van der Waals surface area contributed by atoms with E-state index in [1.165, 1.54) is 6.20 Å². The van der Waals surface area contributed by atoms with E-state index >= 15 is 0 Å². The quantitative estimate of drug-likeness (QED) is 0.521. The maximum atomic E-state index is 11.3. The number of halogens is 1. The molecule has 0 aromatic carbocycles. The zero-order valence-electron chi connectivity index (χ0n) is 8.49. The monoisotopic (exact) mass is 270 g/mol. The van der Waals surface area contributed by atoms with Gasteiger partial charge in [0.15, 0.2) is 17.4 Å². The van der Waals surface area contributed by atoms with Gasteiger partial charge in [0.1, 0.15) is 4.60 Å². The van der Waals surface area contributed by atoms with Crippen LogP contribution < -0.4 is 0 Å². The summed E-state index contributed by atoms with van der Waals surface area (Å²) in [7, 11) is 0. The second-order valence-electron chi connectivity index (χ2n) is 2.95. The Morgan fingerprint density at radius 3 is 2.80 bits per heavy atom. The minimum absolute atomic E-state index is 0.115.